The lowest BCUT2D eigenvalue weighted by Crippen LogP contribution is -2.41. The Balaban J connectivity index is 1.58. The van der Waals surface area contributed by atoms with Crippen LogP contribution in [-0.2, 0) is 17.8 Å². The number of likely N-dealkylation sites (N-methyl/N-ethyl adjacent to an activating group) is 1. The van der Waals surface area contributed by atoms with Crippen LogP contribution in [0.15, 0.2) is 52.8 Å². The van der Waals surface area contributed by atoms with E-state index in [1.807, 2.05) is 6.07 Å². The average molecular weight is 385 g/mol. The van der Waals surface area contributed by atoms with Gasteiger partial charge in [-0.05, 0) is 41.7 Å². The second-order valence-corrected chi connectivity index (χ2v) is 8.43. The summed E-state index contributed by atoms with van der Waals surface area (Å²) in [4.78, 5) is 19.2. The highest BCUT2D eigenvalue weighted by molar-refractivity contribution is 7.09. The lowest BCUT2D eigenvalue weighted by Gasteiger charge is -2.19. The molecule has 2 aromatic rings. The minimum atomic E-state index is -0.00218. The molecule has 1 aliphatic carbocycles. The van der Waals surface area contributed by atoms with Crippen LogP contribution in [-0.4, -0.2) is 44.0 Å². The normalized spacial score (nSPS) is 15.3. The van der Waals surface area contributed by atoms with E-state index in [-0.39, 0.29) is 12.5 Å². The van der Waals surface area contributed by atoms with Gasteiger partial charge in [0.25, 0.3) is 0 Å². The lowest BCUT2D eigenvalue weighted by molar-refractivity contribution is -0.127. The largest absolute Gasteiger partial charge is 0.356 e. The Hall–Kier alpha value is -2.34. The van der Waals surface area contributed by atoms with Crippen molar-refractivity contribution >= 4 is 23.2 Å². The maximum Gasteiger partial charge on any atom is 0.243 e. The Bertz CT molecular complexity index is 752. The summed E-state index contributed by atoms with van der Waals surface area (Å²) in [7, 11) is 3.51. The number of amides is 1. The number of aliphatic imine (C=N–C) groups is 1. The zero-order valence-electron chi connectivity index (χ0n) is 16.1. The molecule has 2 N–H and O–H groups in total. The van der Waals surface area contributed by atoms with E-state index in [2.05, 4.69) is 57.4 Å². The number of hydrogen-bond acceptors (Lipinski definition) is 3. The predicted molar refractivity (Wildman–Crippen MR) is 112 cm³/mol. The van der Waals surface area contributed by atoms with E-state index >= 15 is 0 Å². The van der Waals surface area contributed by atoms with Gasteiger partial charge in [-0.1, -0.05) is 36.4 Å². The molecule has 0 radical (unpaired) electrons. The van der Waals surface area contributed by atoms with Gasteiger partial charge in [0.05, 0.1) is 6.54 Å². The summed E-state index contributed by atoms with van der Waals surface area (Å²) in [5.41, 5.74) is 1.68. The molecule has 0 unspecified atom stereocenters. The quantitative estimate of drug-likeness (QED) is 0.544. The van der Waals surface area contributed by atoms with E-state index in [0.717, 1.165) is 13.0 Å². The Morgan fingerprint density at radius 3 is 2.56 bits per heavy atom. The van der Waals surface area contributed by atoms with Gasteiger partial charge in [-0.2, -0.15) is 0 Å². The zero-order valence-corrected chi connectivity index (χ0v) is 16.9. The molecular weight excluding hydrogens is 356 g/mol. The number of guanidine groups is 1. The second kappa shape index (κ2) is 9.04. The van der Waals surface area contributed by atoms with Crippen LogP contribution in [0.1, 0.15) is 23.3 Å². The molecule has 1 aliphatic rings. The fourth-order valence-electron chi connectivity index (χ4n) is 2.94. The van der Waals surface area contributed by atoms with Gasteiger partial charge in [0.2, 0.25) is 5.91 Å². The smallest absolute Gasteiger partial charge is 0.243 e. The minimum Gasteiger partial charge on any atom is -0.356 e. The van der Waals surface area contributed by atoms with Crippen LogP contribution in [0.25, 0.3) is 0 Å². The van der Waals surface area contributed by atoms with Crippen molar-refractivity contribution in [2.45, 2.75) is 25.8 Å². The molecule has 0 atom stereocenters. The van der Waals surface area contributed by atoms with Crippen molar-refractivity contribution in [3.05, 3.63) is 58.3 Å². The number of rotatable bonds is 8. The van der Waals surface area contributed by atoms with Gasteiger partial charge in [-0.3, -0.25) is 4.79 Å². The first-order valence-corrected chi connectivity index (χ1v) is 10.2. The SMILES string of the molecule is CN(C)C(=O)CN=C(NCc1cccs1)NCC1(Cc2ccccc2)CC1. The van der Waals surface area contributed by atoms with E-state index in [4.69, 9.17) is 0 Å². The van der Waals surface area contributed by atoms with Gasteiger partial charge in [-0.25, -0.2) is 4.99 Å². The number of nitrogens with zero attached hydrogens (tertiary/aromatic N) is 2. The van der Waals surface area contributed by atoms with E-state index in [1.165, 1.54) is 23.3 Å². The van der Waals surface area contributed by atoms with Crippen molar-refractivity contribution < 1.29 is 4.79 Å². The van der Waals surface area contributed by atoms with Gasteiger partial charge in [0.15, 0.2) is 5.96 Å². The number of nitrogens with one attached hydrogen (secondary N) is 2. The molecule has 1 heterocycles. The van der Waals surface area contributed by atoms with Crippen LogP contribution in [0.3, 0.4) is 0 Å². The highest BCUT2D eigenvalue weighted by Crippen LogP contribution is 2.47. The second-order valence-electron chi connectivity index (χ2n) is 7.40. The standard InChI is InChI=1S/C21H28N4OS/c1-25(2)19(26)15-23-20(22-14-18-9-6-12-27-18)24-16-21(10-11-21)13-17-7-4-3-5-8-17/h3-9,12H,10-11,13-16H2,1-2H3,(H2,22,23,24). The Labute approximate surface area is 165 Å². The topological polar surface area (TPSA) is 56.7 Å². The maximum atomic E-state index is 11.9. The molecule has 27 heavy (non-hydrogen) atoms. The molecule has 1 fully saturated rings. The number of thiophene rings is 1. The van der Waals surface area contributed by atoms with Crippen molar-refractivity contribution in [3.8, 4) is 0 Å². The number of benzene rings is 1. The molecular formula is C21H28N4OS. The van der Waals surface area contributed by atoms with Gasteiger partial charge >= 0.3 is 0 Å². The van der Waals surface area contributed by atoms with Crippen LogP contribution in [0.5, 0.6) is 0 Å². The van der Waals surface area contributed by atoms with Crippen LogP contribution in [0, 0.1) is 5.41 Å². The maximum absolute atomic E-state index is 11.9. The molecule has 144 valence electrons. The fraction of sp³-hybridized carbons (Fsp3) is 0.429. The summed E-state index contributed by atoms with van der Waals surface area (Å²) in [6.07, 6.45) is 3.53. The zero-order chi connectivity index (χ0) is 19.1. The third-order valence-electron chi connectivity index (χ3n) is 4.89. The predicted octanol–water partition coefficient (Wildman–Crippen LogP) is 2.89. The van der Waals surface area contributed by atoms with E-state index in [1.54, 1.807) is 30.3 Å². The van der Waals surface area contributed by atoms with E-state index in [9.17, 15) is 4.79 Å². The van der Waals surface area contributed by atoms with Gasteiger partial charge in [-0.15, -0.1) is 11.3 Å². The molecule has 1 aromatic carbocycles. The summed E-state index contributed by atoms with van der Waals surface area (Å²) >= 11 is 1.71. The average Bonchev–Trinajstić information content (AvgIpc) is 3.22. The third kappa shape index (κ3) is 6.10. The Kier molecular flexibility index (Phi) is 6.50. The molecule has 0 saturated heterocycles. The molecule has 0 spiro atoms. The third-order valence-corrected chi connectivity index (χ3v) is 5.77. The monoisotopic (exact) mass is 384 g/mol. The van der Waals surface area contributed by atoms with E-state index < -0.39 is 0 Å². The summed E-state index contributed by atoms with van der Waals surface area (Å²) in [6.45, 7) is 1.73. The first kappa shape index (κ1) is 19.4. The summed E-state index contributed by atoms with van der Waals surface area (Å²) in [5.74, 6) is 0.704. The molecule has 0 aliphatic heterocycles. The molecule has 1 saturated carbocycles. The molecule has 3 rings (SSSR count). The van der Waals surface area contributed by atoms with Crippen LogP contribution in [0.4, 0.5) is 0 Å². The summed E-state index contributed by atoms with van der Waals surface area (Å²) in [5, 5.41) is 8.90. The van der Waals surface area contributed by atoms with Gasteiger partial charge in [0.1, 0.15) is 6.54 Å². The Morgan fingerprint density at radius 1 is 1.15 bits per heavy atom. The van der Waals surface area contributed by atoms with Crippen molar-refractivity contribution in [2.24, 2.45) is 10.4 Å². The van der Waals surface area contributed by atoms with Crippen LogP contribution in [0.2, 0.25) is 0 Å². The first-order valence-electron chi connectivity index (χ1n) is 9.35. The molecule has 1 amide bonds. The van der Waals surface area contributed by atoms with Gasteiger partial charge in [0, 0.05) is 25.5 Å². The van der Waals surface area contributed by atoms with Crippen LogP contribution < -0.4 is 10.6 Å². The molecule has 0 bridgehead atoms. The fourth-order valence-corrected chi connectivity index (χ4v) is 3.58. The van der Waals surface area contributed by atoms with E-state index in [0.29, 0.717) is 17.9 Å². The van der Waals surface area contributed by atoms with Crippen molar-refractivity contribution in [1.82, 2.24) is 15.5 Å². The molecule has 5 nitrogen and oxygen atoms in total. The number of hydrogen-bond donors (Lipinski definition) is 2. The summed E-state index contributed by atoms with van der Waals surface area (Å²) in [6, 6.07) is 14.8. The first-order chi connectivity index (χ1) is 13.1. The lowest BCUT2D eigenvalue weighted by atomic mass is 9.96. The molecule has 6 heteroatoms. The molecule has 1 aromatic heterocycles. The van der Waals surface area contributed by atoms with Crippen molar-refractivity contribution in [2.75, 3.05) is 27.2 Å². The highest BCUT2D eigenvalue weighted by atomic mass is 32.1. The van der Waals surface area contributed by atoms with Crippen LogP contribution >= 0.6 is 11.3 Å². The summed E-state index contributed by atoms with van der Waals surface area (Å²) < 4.78 is 0. The minimum absolute atomic E-state index is 0.00218. The highest BCUT2D eigenvalue weighted by Gasteiger charge is 2.42. The van der Waals surface area contributed by atoms with Crippen molar-refractivity contribution in [1.29, 1.82) is 0 Å². The van der Waals surface area contributed by atoms with Crippen molar-refractivity contribution in [3.63, 3.8) is 0 Å². The number of carbonyl (C=O) groups excluding carboxylic acids is 1. The van der Waals surface area contributed by atoms with Gasteiger partial charge < -0.3 is 15.5 Å². The Morgan fingerprint density at radius 2 is 1.93 bits per heavy atom. The number of carbonyl (C=O) groups is 1.